The molecule has 0 spiro atoms. The molecule has 0 aliphatic carbocycles. The van der Waals surface area contributed by atoms with Gasteiger partial charge in [-0.1, -0.05) is 23.7 Å². The molecular weight excluding hydrogens is 328 g/mol. The van der Waals surface area contributed by atoms with E-state index < -0.39 is 5.97 Å². The van der Waals surface area contributed by atoms with Crippen LogP contribution in [-0.4, -0.2) is 21.0 Å². The van der Waals surface area contributed by atoms with Gasteiger partial charge in [-0.25, -0.2) is 9.78 Å². The summed E-state index contributed by atoms with van der Waals surface area (Å²) in [6.45, 7) is 1.97. The second-order valence-corrected chi connectivity index (χ2v) is 5.82. The summed E-state index contributed by atoms with van der Waals surface area (Å²) in [5.41, 5.74) is 7.52. The van der Waals surface area contributed by atoms with Gasteiger partial charge in [-0.2, -0.15) is 4.98 Å². The second kappa shape index (κ2) is 6.33. The number of nitrogen functional groups attached to an aromatic ring is 1. The summed E-state index contributed by atoms with van der Waals surface area (Å²) in [5.74, 6) is -0.398. The van der Waals surface area contributed by atoms with E-state index in [1.165, 1.54) is 12.1 Å². The summed E-state index contributed by atoms with van der Waals surface area (Å²) in [6, 6.07) is 12.0. The highest BCUT2D eigenvalue weighted by Gasteiger charge is 2.13. The summed E-state index contributed by atoms with van der Waals surface area (Å²) >= 11 is 5.91. The first-order valence-electron chi connectivity index (χ1n) is 7.26. The van der Waals surface area contributed by atoms with Crippen molar-refractivity contribution in [1.29, 1.82) is 0 Å². The Balaban J connectivity index is 2.02. The van der Waals surface area contributed by atoms with E-state index in [2.05, 4.69) is 15.3 Å². The monoisotopic (exact) mass is 342 g/mol. The van der Waals surface area contributed by atoms with Crippen molar-refractivity contribution in [2.45, 2.75) is 13.0 Å². The number of halogens is 1. The number of fused-ring (bicyclic) bond motifs is 1. The maximum Gasteiger partial charge on any atom is 0.335 e. The number of benzene rings is 2. The van der Waals surface area contributed by atoms with E-state index in [1.54, 1.807) is 6.07 Å². The van der Waals surface area contributed by atoms with Crippen LogP contribution < -0.4 is 11.1 Å². The van der Waals surface area contributed by atoms with Crippen molar-refractivity contribution < 1.29 is 9.90 Å². The number of carboxylic acid groups (broad SMARTS) is 1. The molecule has 0 bridgehead atoms. The third-order valence-corrected chi connectivity index (χ3v) is 3.94. The van der Waals surface area contributed by atoms with E-state index in [0.29, 0.717) is 21.7 Å². The lowest BCUT2D eigenvalue weighted by Gasteiger charge is -2.17. The molecule has 0 radical (unpaired) electrons. The molecule has 0 amide bonds. The lowest BCUT2D eigenvalue weighted by atomic mass is 10.1. The molecule has 3 aromatic rings. The minimum Gasteiger partial charge on any atom is -0.478 e. The van der Waals surface area contributed by atoms with E-state index in [1.807, 2.05) is 31.2 Å². The number of hydrogen-bond acceptors (Lipinski definition) is 5. The second-order valence-electron chi connectivity index (χ2n) is 5.39. The molecule has 0 aliphatic heterocycles. The van der Waals surface area contributed by atoms with Gasteiger partial charge in [0.05, 0.1) is 11.1 Å². The fourth-order valence-electron chi connectivity index (χ4n) is 2.43. The predicted molar refractivity (Wildman–Crippen MR) is 94.4 cm³/mol. The molecule has 0 aliphatic rings. The predicted octanol–water partition coefficient (Wildman–Crippen LogP) is 3.74. The van der Waals surface area contributed by atoms with Gasteiger partial charge in [0.2, 0.25) is 5.95 Å². The number of anilines is 2. The highest BCUT2D eigenvalue weighted by molar-refractivity contribution is 6.30. The zero-order valence-corrected chi connectivity index (χ0v) is 13.6. The van der Waals surface area contributed by atoms with Crippen LogP contribution in [0.15, 0.2) is 42.5 Å². The van der Waals surface area contributed by atoms with Crippen molar-refractivity contribution in [3.05, 3.63) is 58.6 Å². The number of aromatic nitrogens is 2. The molecule has 0 fully saturated rings. The molecule has 7 heteroatoms. The Morgan fingerprint density at radius 1 is 1.21 bits per heavy atom. The van der Waals surface area contributed by atoms with Gasteiger partial charge in [-0.15, -0.1) is 0 Å². The third-order valence-electron chi connectivity index (χ3n) is 3.68. The molecule has 2 aromatic carbocycles. The average molecular weight is 343 g/mol. The Labute approximate surface area is 143 Å². The Hall–Kier alpha value is -2.86. The van der Waals surface area contributed by atoms with Crippen molar-refractivity contribution >= 4 is 40.2 Å². The first kappa shape index (κ1) is 16.0. The van der Waals surface area contributed by atoms with E-state index >= 15 is 0 Å². The SMILES string of the molecule is CC(Nc1nc(N)nc2ccc(C(=O)O)cc12)c1ccc(Cl)cc1. The van der Waals surface area contributed by atoms with Gasteiger partial charge in [0.15, 0.2) is 0 Å². The molecule has 0 saturated carbocycles. The fraction of sp³-hybridized carbons (Fsp3) is 0.118. The van der Waals surface area contributed by atoms with Gasteiger partial charge in [-0.3, -0.25) is 0 Å². The zero-order valence-electron chi connectivity index (χ0n) is 12.8. The summed E-state index contributed by atoms with van der Waals surface area (Å²) in [6.07, 6.45) is 0. The number of aromatic carboxylic acids is 1. The van der Waals surface area contributed by atoms with Crippen LogP contribution in [0, 0.1) is 0 Å². The molecule has 4 N–H and O–H groups in total. The third kappa shape index (κ3) is 3.23. The van der Waals surface area contributed by atoms with E-state index in [4.69, 9.17) is 17.3 Å². The minimum atomic E-state index is -1.01. The quantitative estimate of drug-likeness (QED) is 0.667. The summed E-state index contributed by atoms with van der Waals surface area (Å²) in [7, 11) is 0. The van der Waals surface area contributed by atoms with Gasteiger partial charge in [0, 0.05) is 16.5 Å². The lowest BCUT2D eigenvalue weighted by Crippen LogP contribution is -2.10. The van der Waals surface area contributed by atoms with Gasteiger partial charge < -0.3 is 16.2 Å². The fourth-order valence-corrected chi connectivity index (χ4v) is 2.56. The number of carbonyl (C=O) groups is 1. The molecule has 1 unspecified atom stereocenters. The molecule has 0 saturated heterocycles. The first-order chi connectivity index (χ1) is 11.4. The Morgan fingerprint density at radius 2 is 1.92 bits per heavy atom. The summed E-state index contributed by atoms with van der Waals surface area (Å²) < 4.78 is 0. The number of carboxylic acids is 1. The molecule has 1 aromatic heterocycles. The summed E-state index contributed by atoms with van der Waals surface area (Å²) in [4.78, 5) is 19.6. The Morgan fingerprint density at radius 3 is 2.58 bits per heavy atom. The van der Waals surface area contributed by atoms with Crippen molar-refractivity contribution in [1.82, 2.24) is 9.97 Å². The van der Waals surface area contributed by atoms with Crippen LogP contribution in [0.2, 0.25) is 5.02 Å². The first-order valence-corrected chi connectivity index (χ1v) is 7.64. The van der Waals surface area contributed by atoms with Crippen LogP contribution >= 0.6 is 11.6 Å². The molecule has 122 valence electrons. The highest BCUT2D eigenvalue weighted by Crippen LogP contribution is 2.27. The molecule has 3 rings (SSSR count). The summed E-state index contributed by atoms with van der Waals surface area (Å²) in [5, 5.41) is 13.7. The molecule has 6 nitrogen and oxygen atoms in total. The van der Waals surface area contributed by atoms with Gasteiger partial charge in [-0.05, 0) is 42.8 Å². The van der Waals surface area contributed by atoms with Crippen LogP contribution in [0.3, 0.4) is 0 Å². The van der Waals surface area contributed by atoms with E-state index in [-0.39, 0.29) is 17.6 Å². The molecule has 24 heavy (non-hydrogen) atoms. The van der Waals surface area contributed by atoms with Crippen LogP contribution in [0.5, 0.6) is 0 Å². The van der Waals surface area contributed by atoms with Crippen LogP contribution in [-0.2, 0) is 0 Å². The van der Waals surface area contributed by atoms with Crippen molar-refractivity contribution in [2.75, 3.05) is 11.1 Å². The van der Waals surface area contributed by atoms with E-state index in [0.717, 1.165) is 5.56 Å². The standard InChI is InChI=1S/C17H15ClN4O2/c1-9(10-2-5-12(18)6-3-10)20-15-13-8-11(16(23)24)4-7-14(13)21-17(19)22-15/h2-9H,1H3,(H,23,24)(H3,19,20,21,22). The lowest BCUT2D eigenvalue weighted by molar-refractivity contribution is 0.0697. The number of rotatable bonds is 4. The minimum absolute atomic E-state index is 0.0757. The van der Waals surface area contributed by atoms with Gasteiger partial charge >= 0.3 is 5.97 Å². The number of hydrogen-bond donors (Lipinski definition) is 3. The Kier molecular flexibility index (Phi) is 4.22. The van der Waals surface area contributed by atoms with Gasteiger partial charge in [0.25, 0.3) is 0 Å². The van der Waals surface area contributed by atoms with Crippen molar-refractivity contribution in [2.24, 2.45) is 0 Å². The molecule has 1 atom stereocenters. The van der Waals surface area contributed by atoms with Crippen LogP contribution in [0.1, 0.15) is 28.9 Å². The van der Waals surface area contributed by atoms with Crippen LogP contribution in [0.25, 0.3) is 10.9 Å². The maximum atomic E-state index is 11.2. The zero-order chi connectivity index (χ0) is 17.3. The normalized spacial score (nSPS) is 12.1. The van der Waals surface area contributed by atoms with E-state index in [9.17, 15) is 9.90 Å². The number of nitrogens with zero attached hydrogens (tertiary/aromatic N) is 2. The van der Waals surface area contributed by atoms with Crippen LogP contribution in [0.4, 0.5) is 11.8 Å². The topological polar surface area (TPSA) is 101 Å². The van der Waals surface area contributed by atoms with Gasteiger partial charge in [0.1, 0.15) is 5.82 Å². The number of nitrogens with two attached hydrogens (primary N) is 1. The average Bonchev–Trinajstić information content (AvgIpc) is 2.54. The molecular formula is C17H15ClN4O2. The largest absolute Gasteiger partial charge is 0.478 e. The molecule has 1 heterocycles. The van der Waals surface area contributed by atoms with Crippen molar-refractivity contribution in [3.8, 4) is 0 Å². The highest BCUT2D eigenvalue weighted by atomic mass is 35.5. The smallest absolute Gasteiger partial charge is 0.335 e. The number of nitrogens with one attached hydrogen (secondary N) is 1. The Bertz CT molecular complexity index is 912. The van der Waals surface area contributed by atoms with Crippen molar-refractivity contribution in [3.63, 3.8) is 0 Å². The maximum absolute atomic E-state index is 11.2.